The second kappa shape index (κ2) is 7.13. The van der Waals surface area contributed by atoms with Crippen LogP contribution >= 0.6 is 15.9 Å². The van der Waals surface area contributed by atoms with Gasteiger partial charge in [0.25, 0.3) is 0 Å². The van der Waals surface area contributed by atoms with E-state index in [0.29, 0.717) is 6.54 Å². The molecule has 0 N–H and O–H groups in total. The molecule has 0 aromatic heterocycles. The molecule has 17 heavy (non-hydrogen) atoms. The van der Waals surface area contributed by atoms with Crippen LogP contribution in [0.2, 0.25) is 0 Å². The fraction of sp³-hybridized carbons (Fsp3) is 0.500. The molecule has 1 rings (SSSR count). The Hall–Kier alpha value is -0.390. The van der Waals surface area contributed by atoms with Gasteiger partial charge in [-0.3, -0.25) is 4.90 Å². The van der Waals surface area contributed by atoms with Gasteiger partial charge in [-0.1, -0.05) is 46.3 Å². The number of nitrogens with zero attached hydrogens (tertiary/aromatic N) is 1. The van der Waals surface area contributed by atoms with Gasteiger partial charge in [0.2, 0.25) is 0 Å². The van der Waals surface area contributed by atoms with E-state index in [9.17, 15) is 8.42 Å². The molecule has 0 bridgehead atoms. The third kappa shape index (κ3) is 6.81. The molecule has 5 heteroatoms. The Kier molecular flexibility index (Phi) is 6.16. The summed E-state index contributed by atoms with van der Waals surface area (Å²) in [6, 6.07) is 10.1. The molecule has 0 heterocycles. The smallest absolute Gasteiger partial charge is 0.148 e. The number of hydrogen-bond acceptors (Lipinski definition) is 3. The molecule has 3 nitrogen and oxygen atoms in total. The summed E-state index contributed by atoms with van der Waals surface area (Å²) < 4.78 is 22.3. The van der Waals surface area contributed by atoms with E-state index in [0.717, 1.165) is 18.4 Å². The molecule has 1 aromatic rings. The maximum Gasteiger partial charge on any atom is 0.148 e. The zero-order valence-corrected chi connectivity index (χ0v) is 12.4. The molecule has 96 valence electrons. The molecule has 0 aliphatic rings. The van der Waals surface area contributed by atoms with Gasteiger partial charge in [-0.05, 0) is 5.56 Å². The highest BCUT2D eigenvalue weighted by Gasteiger charge is 2.09. The van der Waals surface area contributed by atoms with Gasteiger partial charge in [-0.25, -0.2) is 8.42 Å². The first-order valence-electron chi connectivity index (χ1n) is 5.51. The monoisotopic (exact) mass is 319 g/mol. The Labute approximate surface area is 112 Å². The largest absolute Gasteiger partial charge is 0.297 e. The van der Waals surface area contributed by atoms with Crippen molar-refractivity contribution in [3.05, 3.63) is 35.9 Å². The Morgan fingerprint density at radius 2 is 1.82 bits per heavy atom. The first-order chi connectivity index (χ1) is 8.01. The molecular weight excluding hydrogens is 302 g/mol. The van der Waals surface area contributed by atoms with Crippen molar-refractivity contribution >= 4 is 25.8 Å². The van der Waals surface area contributed by atoms with Crippen LogP contribution in [-0.4, -0.2) is 43.7 Å². The summed E-state index contributed by atoms with van der Waals surface area (Å²) >= 11 is 3.39. The molecule has 0 aliphatic heterocycles. The summed E-state index contributed by atoms with van der Waals surface area (Å²) in [6.07, 6.45) is 1.28. The summed E-state index contributed by atoms with van der Waals surface area (Å²) in [7, 11) is -2.89. The Bertz CT molecular complexity index is 419. The van der Waals surface area contributed by atoms with Gasteiger partial charge in [-0.2, -0.15) is 0 Å². The standard InChI is InChI=1S/C12H18BrNO2S/c1-17(15,16)10-9-14(8-7-13)11-12-5-3-2-4-6-12/h2-6H,7-11H2,1H3. The lowest BCUT2D eigenvalue weighted by Crippen LogP contribution is -2.30. The van der Waals surface area contributed by atoms with Gasteiger partial charge in [0.1, 0.15) is 9.84 Å². The van der Waals surface area contributed by atoms with Crippen LogP contribution in [0.1, 0.15) is 5.56 Å². The van der Waals surface area contributed by atoms with E-state index in [1.54, 1.807) is 0 Å². The minimum Gasteiger partial charge on any atom is -0.297 e. The average Bonchev–Trinajstić information content (AvgIpc) is 2.27. The third-order valence-electron chi connectivity index (χ3n) is 2.43. The van der Waals surface area contributed by atoms with Crippen LogP contribution in [0.25, 0.3) is 0 Å². The Morgan fingerprint density at radius 3 is 2.35 bits per heavy atom. The summed E-state index contributed by atoms with van der Waals surface area (Å²) in [4.78, 5) is 2.14. The van der Waals surface area contributed by atoms with Gasteiger partial charge in [0, 0.05) is 31.2 Å². The molecule has 0 radical (unpaired) electrons. The molecule has 0 saturated heterocycles. The van der Waals surface area contributed by atoms with E-state index in [-0.39, 0.29) is 5.75 Å². The topological polar surface area (TPSA) is 37.4 Å². The van der Waals surface area contributed by atoms with Gasteiger partial charge in [0.05, 0.1) is 5.75 Å². The van der Waals surface area contributed by atoms with E-state index in [1.807, 2.05) is 18.2 Å². The highest BCUT2D eigenvalue weighted by Crippen LogP contribution is 2.05. The lowest BCUT2D eigenvalue weighted by molar-refractivity contribution is 0.300. The summed E-state index contributed by atoms with van der Waals surface area (Å²) in [6.45, 7) is 2.23. The van der Waals surface area contributed by atoms with Crippen molar-refractivity contribution in [1.82, 2.24) is 4.90 Å². The average molecular weight is 320 g/mol. The molecular formula is C12H18BrNO2S. The molecule has 0 amide bonds. The predicted octanol–water partition coefficient (Wildman–Crippen LogP) is 1.93. The van der Waals surface area contributed by atoms with Crippen molar-refractivity contribution in [2.24, 2.45) is 0 Å². The molecule has 0 saturated carbocycles. The molecule has 0 spiro atoms. The molecule has 0 unspecified atom stereocenters. The minimum atomic E-state index is -2.89. The van der Waals surface area contributed by atoms with E-state index < -0.39 is 9.84 Å². The quantitative estimate of drug-likeness (QED) is 0.721. The van der Waals surface area contributed by atoms with Gasteiger partial charge >= 0.3 is 0 Å². The Balaban J connectivity index is 2.54. The molecule has 0 fully saturated rings. The summed E-state index contributed by atoms with van der Waals surface area (Å²) in [5, 5.41) is 0.851. The second-order valence-corrected chi connectivity index (χ2v) is 7.13. The number of hydrogen-bond donors (Lipinski definition) is 0. The highest BCUT2D eigenvalue weighted by atomic mass is 79.9. The fourth-order valence-electron chi connectivity index (χ4n) is 1.53. The van der Waals surface area contributed by atoms with E-state index in [4.69, 9.17) is 0 Å². The first kappa shape index (κ1) is 14.7. The second-order valence-electron chi connectivity index (χ2n) is 4.08. The van der Waals surface area contributed by atoms with E-state index in [2.05, 4.69) is 33.0 Å². The number of rotatable bonds is 7. The van der Waals surface area contributed by atoms with Crippen LogP contribution in [0.5, 0.6) is 0 Å². The zero-order chi connectivity index (χ0) is 12.7. The maximum atomic E-state index is 11.2. The van der Waals surface area contributed by atoms with E-state index in [1.165, 1.54) is 11.8 Å². The Morgan fingerprint density at radius 1 is 1.18 bits per heavy atom. The van der Waals surface area contributed by atoms with Crippen LogP contribution in [0, 0.1) is 0 Å². The fourth-order valence-corrected chi connectivity index (χ4v) is 2.62. The van der Waals surface area contributed by atoms with Crippen LogP contribution in [-0.2, 0) is 16.4 Å². The lowest BCUT2D eigenvalue weighted by atomic mass is 10.2. The van der Waals surface area contributed by atoms with E-state index >= 15 is 0 Å². The van der Waals surface area contributed by atoms with Gasteiger partial charge in [-0.15, -0.1) is 0 Å². The van der Waals surface area contributed by atoms with Crippen molar-refractivity contribution in [3.8, 4) is 0 Å². The van der Waals surface area contributed by atoms with Crippen molar-refractivity contribution < 1.29 is 8.42 Å². The van der Waals surface area contributed by atoms with Crippen LogP contribution < -0.4 is 0 Å². The van der Waals surface area contributed by atoms with Crippen LogP contribution in [0.15, 0.2) is 30.3 Å². The predicted molar refractivity (Wildman–Crippen MR) is 75.2 cm³/mol. The molecule has 0 aliphatic carbocycles. The van der Waals surface area contributed by atoms with Crippen molar-refractivity contribution in [2.75, 3.05) is 30.4 Å². The van der Waals surface area contributed by atoms with Crippen molar-refractivity contribution in [1.29, 1.82) is 0 Å². The van der Waals surface area contributed by atoms with Crippen LogP contribution in [0.4, 0.5) is 0 Å². The third-order valence-corrected chi connectivity index (χ3v) is 3.71. The number of benzene rings is 1. The van der Waals surface area contributed by atoms with Gasteiger partial charge in [0.15, 0.2) is 0 Å². The van der Waals surface area contributed by atoms with Crippen LogP contribution in [0.3, 0.4) is 0 Å². The van der Waals surface area contributed by atoms with Gasteiger partial charge < -0.3 is 0 Å². The number of halogens is 1. The maximum absolute atomic E-state index is 11.2. The molecule has 1 aromatic carbocycles. The molecule has 0 atom stereocenters. The summed E-state index contributed by atoms with van der Waals surface area (Å²) in [5.74, 6) is 0.215. The van der Waals surface area contributed by atoms with Crippen molar-refractivity contribution in [3.63, 3.8) is 0 Å². The number of alkyl halides is 1. The highest BCUT2D eigenvalue weighted by molar-refractivity contribution is 9.09. The number of sulfone groups is 1. The zero-order valence-electron chi connectivity index (χ0n) is 9.97. The first-order valence-corrected chi connectivity index (χ1v) is 8.69. The summed E-state index contributed by atoms with van der Waals surface area (Å²) in [5.41, 5.74) is 1.21. The normalized spacial score (nSPS) is 11.9. The minimum absolute atomic E-state index is 0.215. The van der Waals surface area contributed by atoms with Crippen molar-refractivity contribution in [2.45, 2.75) is 6.54 Å². The SMILES string of the molecule is CS(=O)(=O)CCN(CCBr)Cc1ccccc1. The lowest BCUT2D eigenvalue weighted by Gasteiger charge is -2.20.